The van der Waals surface area contributed by atoms with Crippen LogP contribution < -0.4 is 0 Å². The minimum atomic E-state index is -0.00731. The number of fused-ring (bicyclic) bond motifs is 12. The molecule has 0 radical (unpaired) electrons. The van der Waals surface area contributed by atoms with Crippen LogP contribution in [0.4, 0.5) is 0 Å². The van der Waals surface area contributed by atoms with Gasteiger partial charge in [-0.1, -0.05) is 98.8 Å². The Bertz CT molecular complexity index is 1970. The maximum absolute atomic E-state index is 2.49. The van der Waals surface area contributed by atoms with Crippen LogP contribution in [0, 0.1) is 0 Å². The van der Waals surface area contributed by atoms with Gasteiger partial charge in [0.25, 0.3) is 0 Å². The van der Waals surface area contributed by atoms with Crippen molar-refractivity contribution in [2.75, 3.05) is 0 Å². The van der Waals surface area contributed by atoms with Gasteiger partial charge in [0.15, 0.2) is 0 Å². The van der Waals surface area contributed by atoms with Gasteiger partial charge in [0.05, 0.1) is 15.7 Å². The molecule has 0 bridgehead atoms. The zero-order valence-electron chi connectivity index (χ0n) is 19.7. The van der Waals surface area contributed by atoms with Crippen LogP contribution in [0.25, 0.3) is 59.5 Å². The number of thiophene rings is 1. The molecule has 0 unspecified atom stereocenters. The van der Waals surface area contributed by atoms with Crippen LogP contribution in [0.1, 0.15) is 24.3 Å². The third-order valence-corrected chi connectivity index (χ3v) is 9.44. The van der Waals surface area contributed by atoms with E-state index >= 15 is 0 Å². The van der Waals surface area contributed by atoms with Gasteiger partial charge in [-0.3, -0.25) is 0 Å². The molecule has 35 heavy (non-hydrogen) atoms. The minimum absolute atomic E-state index is 0.00731. The third-order valence-electron chi connectivity index (χ3n) is 7.92. The number of nitrogens with zero attached hydrogens (tertiary/aromatic N) is 1. The molecule has 0 amide bonds. The quantitative estimate of drug-likeness (QED) is 0.227. The Hall–Kier alpha value is -3.88. The molecule has 2 heterocycles. The number of hydrogen-bond acceptors (Lipinski definition) is 1. The van der Waals surface area contributed by atoms with Gasteiger partial charge >= 0.3 is 0 Å². The summed E-state index contributed by atoms with van der Waals surface area (Å²) in [6.45, 7) is 4.78. The van der Waals surface area contributed by atoms with Crippen molar-refractivity contribution in [2.45, 2.75) is 19.3 Å². The summed E-state index contributed by atoms with van der Waals surface area (Å²) in [4.78, 5) is 1.48. The van der Waals surface area contributed by atoms with Crippen molar-refractivity contribution in [2.24, 2.45) is 0 Å². The van der Waals surface area contributed by atoms with Crippen molar-refractivity contribution in [1.29, 1.82) is 0 Å². The van der Waals surface area contributed by atoms with Crippen LogP contribution in [-0.2, 0) is 5.41 Å². The van der Waals surface area contributed by atoms with E-state index in [1.54, 1.807) is 0 Å². The molecule has 0 fully saturated rings. The Kier molecular flexibility index (Phi) is 3.67. The lowest BCUT2D eigenvalue weighted by Crippen LogP contribution is -2.13. The van der Waals surface area contributed by atoms with E-state index in [9.17, 15) is 0 Å². The lowest BCUT2D eigenvalue weighted by Gasteiger charge is -2.19. The SMILES string of the molecule is CC1(C)c2ccccc2-c2c1sc1c2c2ccccc2c2c3ccccc3n(-c3ccccc3)c12. The van der Waals surface area contributed by atoms with Gasteiger partial charge in [0, 0.05) is 37.7 Å². The molecular weight excluding hydrogens is 442 g/mol. The zero-order chi connectivity index (χ0) is 23.3. The molecule has 1 nitrogen and oxygen atoms in total. The maximum atomic E-state index is 2.49. The lowest BCUT2D eigenvalue weighted by molar-refractivity contribution is 0.674. The van der Waals surface area contributed by atoms with E-state index in [4.69, 9.17) is 0 Å². The van der Waals surface area contributed by atoms with Crippen molar-refractivity contribution >= 4 is 54.0 Å². The topological polar surface area (TPSA) is 4.93 Å². The molecule has 7 aromatic rings. The number of benzene rings is 5. The van der Waals surface area contributed by atoms with Crippen molar-refractivity contribution in [3.63, 3.8) is 0 Å². The summed E-state index contributed by atoms with van der Waals surface area (Å²) in [6.07, 6.45) is 0. The zero-order valence-corrected chi connectivity index (χ0v) is 20.5. The van der Waals surface area contributed by atoms with E-state index in [2.05, 4.69) is 122 Å². The van der Waals surface area contributed by atoms with Crippen LogP contribution in [0.2, 0.25) is 0 Å². The lowest BCUT2D eigenvalue weighted by atomic mass is 9.87. The molecule has 0 aliphatic heterocycles. The minimum Gasteiger partial charge on any atom is -0.308 e. The Labute approximate surface area is 207 Å². The fraction of sp³-hybridized carbons (Fsp3) is 0.0909. The number of rotatable bonds is 1. The molecule has 0 saturated carbocycles. The normalized spacial score (nSPS) is 14.2. The molecule has 0 N–H and O–H groups in total. The molecule has 2 aromatic heterocycles. The predicted octanol–water partition coefficient (Wildman–Crippen LogP) is 9.46. The highest BCUT2D eigenvalue weighted by Crippen LogP contribution is 2.58. The van der Waals surface area contributed by atoms with Crippen LogP contribution in [-0.4, -0.2) is 4.57 Å². The van der Waals surface area contributed by atoms with E-state index in [0.29, 0.717) is 0 Å². The van der Waals surface area contributed by atoms with Crippen molar-refractivity contribution in [3.05, 3.63) is 114 Å². The molecule has 0 spiro atoms. The summed E-state index contributed by atoms with van der Waals surface area (Å²) in [5, 5.41) is 6.78. The second-order valence-electron chi connectivity index (χ2n) is 10.1. The molecule has 0 atom stereocenters. The molecule has 1 aliphatic rings. The number of hydrogen-bond donors (Lipinski definition) is 0. The maximum Gasteiger partial charge on any atom is 0.0726 e. The first-order valence-corrected chi connectivity index (χ1v) is 13.0. The first kappa shape index (κ1) is 19.4. The van der Waals surface area contributed by atoms with Gasteiger partial charge in [0.2, 0.25) is 0 Å². The van der Waals surface area contributed by atoms with E-state index in [-0.39, 0.29) is 5.41 Å². The monoisotopic (exact) mass is 465 g/mol. The fourth-order valence-electron chi connectivity index (χ4n) is 6.41. The highest BCUT2D eigenvalue weighted by Gasteiger charge is 2.39. The molecule has 2 heteroatoms. The van der Waals surface area contributed by atoms with E-state index in [1.807, 2.05) is 11.3 Å². The van der Waals surface area contributed by atoms with Gasteiger partial charge in [-0.25, -0.2) is 0 Å². The van der Waals surface area contributed by atoms with Crippen molar-refractivity contribution < 1.29 is 0 Å². The van der Waals surface area contributed by atoms with E-state index in [1.165, 1.54) is 69.9 Å². The molecule has 5 aromatic carbocycles. The van der Waals surface area contributed by atoms with Gasteiger partial charge < -0.3 is 4.57 Å². The molecule has 8 rings (SSSR count). The summed E-state index contributed by atoms with van der Waals surface area (Å²) >= 11 is 2.00. The Morgan fingerprint density at radius 2 is 1.26 bits per heavy atom. The molecule has 166 valence electrons. The largest absolute Gasteiger partial charge is 0.308 e. The average molecular weight is 466 g/mol. The molecule has 0 saturated heterocycles. The Morgan fingerprint density at radius 1 is 0.629 bits per heavy atom. The van der Waals surface area contributed by atoms with E-state index in [0.717, 1.165) is 0 Å². The first-order valence-electron chi connectivity index (χ1n) is 12.2. The highest BCUT2D eigenvalue weighted by molar-refractivity contribution is 7.21. The molecular formula is C33H23NS. The fourth-order valence-corrected chi connectivity index (χ4v) is 7.90. The van der Waals surface area contributed by atoms with Gasteiger partial charge in [0.1, 0.15) is 0 Å². The summed E-state index contributed by atoms with van der Waals surface area (Å²) < 4.78 is 3.88. The van der Waals surface area contributed by atoms with Crippen LogP contribution in [0.15, 0.2) is 103 Å². The summed E-state index contributed by atoms with van der Waals surface area (Å²) in [5.74, 6) is 0. The summed E-state index contributed by atoms with van der Waals surface area (Å²) in [7, 11) is 0. The first-order chi connectivity index (χ1) is 17.2. The average Bonchev–Trinajstić information content (AvgIpc) is 3.53. The van der Waals surface area contributed by atoms with Crippen LogP contribution >= 0.6 is 11.3 Å². The summed E-state index contributed by atoms with van der Waals surface area (Å²) in [6, 6.07) is 37.8. The van der Waals surface area contributed by atoms with Crippen molar-refractivity contribution in [3.8, 4) is 16.8 Å². The summed E-state index contributed by atoms with van der Waals surface area (Å²) in [5.41, 5.74) is 8.07. The standard InChI is InChI=1S/C33H23NS/c1-33(2)25-18-10-8-16-23(25)29-28-22-15-7-6-14-21(22)27-24-17-9-11-19-26(24)34(20-12-4-3-5-13-20)30(27)31(28)35-32(29)33/h3-19H,1-2H3. The predicted molar refractivity (Wildman–Crippen MR) is 151 cm³/mol. The van der Waals surface area contributed by atoms with Gasteiger partial charge in [-0.2, -0.15) is 0 Å². The second-order valence-corrected chi connectivity index (χ2v) is 11.2. The van der Waals surface area contributed by atoms with Gasteiger partial charge in [-0.15, -0.1) is 11.3 Å². The van der Waals surface area contributed by atoms with Crippen molar-refractivity contribution in [1.82, 2.24) is 4.57 Å². The third kappa shape index (κ3) is 2.33. The van der Waals surface area contributed by atoms with Crippen LogP contribution in [0.3, 0.4) is 0 Å². The Morgan fingerprint density at radius 3 is 2.06 bits per heavy atom. The smallest absolute Gasteiger partial charge is 0.0726 e. The second kappa shape index (κ2) is 6.62. The highest BCUT2D eigenvalue weighted by atomic mass is 32.1. The number of para-hydroxylation sites is 2. The Balaban J connectivity index is 1.71. The van der Waals surface area contributed by atoms with Crippen LogP contribution in [0.5, 0.6) is 0 Å². The molecule has 1 aliphatic carbocycles. The van der Waals surface area contributed by atoms with Gasteiger partial charge in [-0.05, 0) is 40.1 Å². The van der Waals surface area contributed by atoms with E-state index < -0.39 is 0 Å². The number of aromatic nitrogens is 1.